The summed E-state index contributed by atoms with van der Waals surface area (Å²) in [4.78, 5) is 51.8. The number of fused-ring (bicyclic) bond motifs is 5. The zero-order valence-corrected chi connectivity index (χ0v) is 28.3. The summed E-state index contributed by atoms with van der Waals surface area (Å²) in [6.07, 6.45) is 0.530. The Kier molecular flexibility index (Phi) is 10.1. The Morgan fingerprint density at radius 2 is 1.71 bits per heavy atom. The molecule has 0 saturated heterocycles. The molecule has 4 bridgehead atoms. The van der Waals surface area contributed by atoms with Crippen LogP contribution in [0, 0.1) is 12.8 Å². The van der Waals surface area contributed by atoms with Crippen LogP contribution in [0.15, 0.2) is 58.3 Å². The Bertz CT molecular complexity index is 1770. The summed E-state index contributed by atoms with van der Waals surface area (Å²) >= 11 is 1.30. The first-order chi connectivity index (χ1) is 23.1. The van der Waals surface area contributed by atoms with Gasteiger partial charge in [0, 0.05) is 24.5 Å². The fraction of sp³-hybridized carbons (Fsp3) is 0.400. The Labute approximate surface area is 283 Å². The van der Waals surface area contributed by atoms with Crippen LogP contribution in [0.2, 0.25) is 0 Å². The highest BCUT2D eigenvalue weighted by molar-refractivity contribution is 7.09. The number of carbonyl (C=O) groups excluding carboxylic acids is 3. The number of benzene rings is 2. The van der Waals surface area contributed by atoms with Crippen molar-refractivity contribution in [2.45, 2.75) is 58.8 Å². The summed E-state index contributed by atoms with van der Waals surface area (Å²) in [6, 6.07) is 14.2. The number of hydrogen-bond acceptors (Lipinski definition) is 10. The van der Waals surface area contributed by atoms with Crippen molar-refractivity contribution in [3.63, 3.8) is 0 Å². The van der Waals surface area contributed by atoms with Crippen molar-refractivity contribution in [3.05, 3.63) is 93.1 Å². The van der Waals surface area contributed by atoms with Crippen molar-refractivity contribution >= 4 is 29.1 Å². The highest BCUT2D eigenvalue weighted by Gasteiger charge is 2.30. The third-order valence-electron chi connectivity index (χ3n) is 8.27. The number of carbonyl (C=O) groups is 3. The molecule has 12 nitrogen and oxygen atoms in total. The largest absolute Gasteiger partial charge is 0.486 e. The highest BCUT2D eigenvalue weighted by Crippen LogP contribution is 2.31. The van der Waals surface area contributed by atoms with Gasteiger partial charge >= 0.3 is 0 Å². The number of thiazole rings is 1. The first-order valence-electron chi connectivity index (χ1n) is 16.1. The maximum absolute atomic E-state index is 13.8. The van der Waals surface area contributed by atoms with Gasteiger partial charge in [0.2, 0.25) is 11.8 Å². The van der Waals surface area contributed by atoms with Crippen molar-refractivity contribution < 1.29 is 28.3 Å². The van der Waals surface area contributed by atoms with Crippen LogP contribution in [0.3, 0.4) is 0 Å². The molecule has 3 N–H and O–H groups in total. The number of ether oxygens (including phenoxy) is 2. The van der Waals surface area contributed by atoms with Crippen LogP contribution in [0.4, 0.5) is 0 Å². The van der Waals surface area contributed by atoms with Gasteiger partial charge < -0.3 is 29.8 Å². The van der Waals surface area contributed by atoms with E-state index in [1.54, 1.807) is 19.2 Å². The molecule has 0 aliphatic carbocycles. The molecule has 2 aromatic heterocycles. The van der Waals surface area contributed by atoms with Gasteiger partial charge in [-0.3, -0.25) is 19.3 Å². The average Bonchev–Trinajstić information content (AvgIpc) is 3.71. The number of hydrogen-bond donors (Lipinski definition) is 3. The lowest BCUT2D eigenvalue weighted by molar-refractivity contribution is -0.123. The minimum Gasteiger partial charge on any atom is -0.486 e. The maximum atomic E-state index is 13.8. The summed E-state index contributed by atoms with van der Waals surface area (Å²) in [6.45, 7) is 9.12. The van der Waals surface area contributed by atoms with E-state index in [1.165, 1.54) is 11.3 Å². The van der Waals surface area contributed by atoms with Gasteiger partial charge in [0.15, 0.2) is 17.2 Å². The lowest BCUT2D eigenvalue weighted by Crippen LogP contribution is -2.48. The molecule has 0 radical (unpaired) electrons. The van der Waals surface area contributed by atoms with Crippen LogP contribution in [-0.4, -0.2) is 64.9 Å². The van der Waals surface area contributed by atoms with Gasteiger partial charge in [-0.25, -0.2) is 9.97 Å². The molecule has 3 amide bonds. The van der Waals surface area contributed by atoms with Crippen molar-refractivity contribution in [3.8, 4) is 11.5 Å². The average molecular weight is 673 g/mol. The fourth-order valence-electron chi connectivity index (χ4n) is 5.87. The molecule has 0 unspecified atom stereocenters. The maximum Gasteiger partial charge on any atom is 0.274 e. The molecule has 6 rings (SSSR count). The summed E-state index contributed by atoms with van der Waals surface area (Å²) in [7, 11) is 0. The van der Waals surface area contributed by atoms with Gasteiger partial charge in [-0.05, 0) is 49.4 Å². The number of nitrogens with one attached hydrogen (secondary N) is 3. The molecule has 0 spiro atoms. The van der Waals surface area contributed by atoms with E-state index in [1.807, 2.05) is 67.3 Å². The lowest BCUT2D eigenvalue weighted by Gasteiger charge is -2.29. The van der Waals surface area contributed by atoms with Gasteiger partial charge in [-0.2, -0.15) is 0 Å². The second kappa shape index (κ2) is 14.6. The quantitative estimate of drug-likeness (QED) is 0.281. The highest BCUT2D eigenvalue weighted by atomic mass is 32.1. The zero-order valence-electron chi connectivity index (χ0n) is 27.4. The number of aryl methyl sites for hydroxylation is 1. The molecule has 2 aromatic carbocycles. The minimum atomic E-state index is -0.577. The molecular weight excluding hydrogens is 632 g/mol. The van der Waals surface area contributed by atoms with Crippen LogP contribution in [0.5, 0.6) is 11.5 Å². The molecule has 2 aliphatic rings. The van der Waals surface area contributed by atoms with Crippen LogP contribution in [0.1, 0.15) is 81.6 Å². The molecule has 4 heterocycles. The predicted octanol–water partition coefficient (Wildman–Crippen LogP) is 4.37. The monoisotopic (exact) mass is 672 g/mol. The Morgan fingerprint density at radius 3 is 2.48 bits per heavy atom. The molecule has 4 aromatic rings. The van der Waals surface area contributed by atoms with Crippen LogP contribution < -0.4 is 25.4 Å². The minimum absolute atomic E-state index is 0.0181. The van der Waals surface area contributed by atoms with E-state index in [2.05, 4.69) is 25.9 Å². The van der Waals surface area contributed by atoms with Crippen molar-refractivity contribution in [2.75, 3.05) is 26.3 Å². The van der Waals surface area contributed by atoms with E-state index >= 15 is 0 Å². The smallest absolute Gasteiger partial charge is 0.274 e. The van der Waals surface area contributed by atoms with Crippen LogP contribution in [-0.2, 0) is 17.8 Å². The lowest BCUT2D eigenvalue weighted by atomic mass is 10.0. The molecule has 252 valence electrons. The Hall–Kier alpha value is -4.75. The van der Waals surface area contributed by atoms with Crippen LogP contribution >= 0.6 is 11.3 Å². The zero-order chi connectivity index (χ0) is 33.8. The summed E-state index contributed by atoms with van der Waals surface area (Å²) in [5, 5.41) is 11.5. The molecule has 0 saturated carbocycles. The Balaban J connectivity index is 1.36. The second-order valence-corrected chi connectivity index (χ2v) is 13.4. The topological polar surface area (TPSA) is 148 Å². The van der Waals surface area contributed by atoms with Gasteiger partial charge in [-0.15, -0.1) is 11.3 Å². The fourth-order valence-corrected chi connectivity index (χ4v) is 6.68. The number of oxazole rings is 1. The van der Waals surface area contributed by atoms with E-state index in [0.717, 1.165) is 11.1 Å². The van der Waals surface area contributed by atoms with Crippen molar-refractivity contribution in [2.24, 2.45) is 5.92 Å². The van der Waals surface area contributed by atoms with Gasteiger partial charge in [0.25, 0.3) is 11.8 Å². The number of amides is 3. The van der Waals surface area contributed by atoms with E-state index in [0.29, 0.717) is 55.0 Å². The molecular formula is C35H40N6O6S. The van der Waals surface area contributed by atoms with Gasteiger partial charge in [-0.1, -0.05) is 50.2 Å². The molecule has 13 heteroatoms. The second-order valence-electron chi connectivity index (χ2n) is 12.5. The van der Waals surface area contributed by atoms with Crippen molar-refractivity contribution in [1.29, 1.82) is 0 Å². The van der Waals surface area contributed by atoms with Crippen LogP contribution in [0.25, 0.3) is 0 Å². The number of aromatic nitrogens is 2. The predicted molar refractivity (Wildman–Crippen MR) is 179 cm³/mol. The third kappa shape index (κ3) is 7.85. The first-order valence-corrected chi connectivity index (χ1v) is 17.0. The Morgan fingerprint density at radius 1 is 0.938 bits per heavy atom. The van der Waals surface area contributed by atoms with Gasteiger partial charge in [0.05, 0.1) is 12.6 Å². The molecule has 3 atom stereocenters. The van der Waals surface area contributed by atoms with E-state index in [9.17, 15) is 14.4 Å². The SMILES string of the molecule is Cc1oc2nc1C(=O)N[C@H](C)c1nc(cs1)C(=O)N[C@H](Cc1ccccc1)CN(Cc1ccc3c(c1)OCCO3)CC(=O)N[C@H]2C(C)C. The summed E-state index contributed by atoms with van der Waals surface area (Å²) < 4.78 is 17.5. The van der Waals surface area contributed by atoms with Gasteiger partial charge in [0.1, 0.15) is 35.7 Å². The molecule has 2 aliphatic heterocycles. The van der Waals surface area contributed by atoms with Crippen molar-refractivity contribution in [1.82, 2.24) is 30.8 Å². The van der Waals surface area contributed by atoms with E-state index < -0.39 is 18.0 Å². The number of nitrogens with zero attached hydrogens (tertiary/aromatic N) is 3. The standard InChI is InChI=1S/C35H40N6O6S/c1-20(2)30-34-40-31(22(4)47-34)33(44)36-21(3)35-38-26(19-48-35)32(43)37-25(14-23-8-6-5-7-9-23)17-41(18-29(42)39-30)16-24-10-11-27-28(15-24)46-13-12-45-27/h5-11,15,19-21,25,30H,12-14,16-18H2,1-4H3,(H,36,44)(H,37,43)(H,39,42)/t21-,25-,30+/m1/s1. The molecule has 48 heavy (non-hydrogen) atoms. The number of rotatable bonds is 5. The normalized spacial score (nSPS) is 20.8. The summed E-state index contributed by atoms with van der Waals surface area (Å²) in [5.74, 6) is 0.844. The van der Waals surface area contributed by atoms with E-state index in [4.69, 9.17) is 13.9 Å². The summed E-state index contributed by atoms with van der Waals surface area (Å²) in [5.41, 5.74) is 2.36. The van der Waals surface area contributed by atoms with E-state index in [-0.39, 0.29) is 47.6 Å². The molecule has 0 fully saturated rings. The first kappa shape index (κ1) is 33.2. The third-order valence-corrected chi connectivity index (χ3v) is 9.30.